The highest BCUT2D eigenvalue weighted by molar-refractivity contribution is 6.30. The lowest BCUT2D eigenvalue weighted by molar-refractivity contribution is 0.0827. The minimum Gasteiger partial charge on any atom is -0.396 e. The van der Waals surface area contributed by atoms with Crippen LogP contribution in [0.1, 0.15) is 36.5 Å². The second-order valence-electron chi connectivity index (χ2n) is 5.35. The summed E-state index contributed by atoms with van der Waals surface area (Å²) >= 11 is 5.65. The van der Waals surface area contributed by atoms with E-state index in [0.29, 0.717) is 0 Å². The molecule has 0 saturated heterocycles. The molecule has 1 aliphatic carbocycles. The number of benzene rings is 1. The lowest BCUT2D eigenvalue weighted by Crippen LogP contribution is -2.45. The fourth-order valence-electron chi connectivity index (χ4n) is 2.58. The molecule has 2 N–H and O–H groups in total. The zero-order valence-corrected chi connectivity index (χ0v) is 11.5. The fourth-order valence-corrected chi connectivity index (χ4v) is 2.74. The summed E-state index contributed by atoms with van der Waals surface area (Å²) in [6.45, 7) is 1.95. The third-order valence-electron chi connectivity index (χ3n) is 3.92. The number of rotatable bonds is 3. The standard InChI is InChI=1S/C14H17ClFNO2/c1-14(8-18)6-2-3-12(14)17-13(19)10-5-4-9(15)7-11(10)16/h4-5,7,12,18H,2-3,6,8H2,1H3,(H,17,19). The van der Waals surface area contributed by atoms with Gasteiger partial charge in [0, 0.05) is 16.5 Å². The van der Waals surface area contributed by atoms with Crippen LogP contribution in [0.2, 0.25) is 5.02 Å². The summed E-state index contributed by atoms with van der Waals surface area (Å²) in [6, 6.07) is 3.86. The molecule has 1 aliphatic rings. The highest BCUT2D eigenvalue weighted by Crippen LogP contribution is 2.37. The Kier molecular flexibility index (Phi) is 4.11. The van der Waals surface area contributed by atoms with E-state index in [-0.39, 0.29) is 28.6 Å². The summed E-state index contributed by atoms with van der Waals surface area (Å²) in [5.74, 6) is -1.09. The molecule has 0 spiro atoms. The van der Waals surface area contributed by atoms with Gasteiger partial charge in [0.05, 0.1) is 12.2 Å². The molecule has 5 heteroatoms. The van der Waals surface area contributed by atoms with Gasteiger partial charge in [-0.3, -0.25) is 4.79 Å². The number of carbonyl (C=O) groups excluding carboxylic acids is 1. The molecule has 1 aromatic carbocycles. The van der Waals surface area contributed by atoms with E-state index in [4.69, 9.17) is 11.6 Å². The maximum atomic E-state index is 13.7. The van der Waals surface area contributed by atoms with Crippen LogP contribution in [0.25, 0.3) is 0 Å². The van der Waals surface area contributed by atoms with Crippen molar-refractivity contribution in [2.75, 3.05) is 6.61 Å². The van der Waals surface area contributed by atoms with Crippen molar-refractivity contribution in [3.63, 3.8) is 0 Å². The number of halogens is 2. The van der Waals surface area contributed by atoms with E-state index in [9.17, 15) is 14.3 Å². The number of hydrogen-bond acceptors (Lipinski definition) is 2. The van der Waals surface area contributed by atoms with Gasteiger partial charge in [0.15, 0.2) is 0 Å². The third-order valence-corrected chi connectivity index (χ3v) is 4.16. The lowest BCUT2D eigenvalue weighted by atomic mass is 9.85. The molecule has 19 heavy (non-hydrogen) atoms. The van der Waals surface area contributed by atoms with Crippen LogP contribution < -0.4 is 5.32 Å². The average molecular weight is 286 g/mol. The molecule has 0 heterocycles. The number of aliphatic hydroxyl groups excluding tert-OH is 1. The molecule has 2 unspecified atom stereocenters. The Hall–Kier alpha value is -1.13. The van der Waals surface area contributed by atoms with Crippen molar-refractivity contribution in [1.29, 1.82) is 0 Å². The Morgan fingerprint density at radius 2 is 2.37 bits per heavy atom. The Balaban J connectivity index is 2.13. The molecule has 1 fully saturated rings. The van der Waals surface area contributed by atoms with Gasteiger partial charge in [-0.15, -0.1) is 0 Å². The van der Waals surface area contributed by atoms with Crippen molar-refractivity contribution in [2.24, 2.45) is 5.41 Å². The molecule has 0 aliphatic heterocycles. The van der Waals surface area contributed by atoms with E-state index >= 15 is 0 Å². The molecule has 3 nitrogen and oxygen atoms in total. The van der Waals surface area contributed by atoms with E-state index in [0.717, 1.165) is 25.3 Å². The molecule has 1 saturated carbocycles. The van der Waals surface area contributed by atoms with Crippen LogP contribution in [0.4, 0.5) is 4.39 Å². The monoisotopic (exact) mass is 285 g/mol. The first-order valence-corrected chi connectivity index (χ1v) is 6.71. The molecule has 1 aromatic rings. The van der Waals surface area contributed by atoms with Crippen molar-refractivity contribution in [3.05, 3.63) is 34.6 Å². The second-order valence-corrected chi connectivity index (χ2v) is 5.79. The van der Waals surface area contributed by atoms with E-state index in [1.54, 1.807) is 0 Å². The van der Waals surface area contributed by atoms with Gasteiger partial charge in [0.1, 0.15) is 5.82 Å². The Morgan fingerprint density at radius 1 is 1.63 bits per heavy atom. The number of hydrogen-bond donors (Lipinski definition) is 2. The van der Waals surface area contributed by atoms with E-state index in [1.807, 2.05) is 6.92 Å². The van der Waals surface area contributed by atoms with Crippen molar-refractivity contribution >= 4 is 17.5 Å². The molecule has 104 valence electrons. The van der Waals surface area contributed by atoms with Gasteiger partial charge in [-0.2, -0.15) is 0 Å². The molecule has 2 rings (SSSR count). The number of carbonyl (C=O) groups is 1. The SMILES string of the molecule is CC1(CO)CCCC1NC(=O)c1ccc(Cl)cc1F. The second kappa shape index (κ2) is 5.47. The van der Waals surface area contributed by atoms with Gasteiger partial charge in [0.25, 0.3) is 5.91 Å². The highest BCUT2D eigenvalue weighted by atomic mass is 35.5. The zero-order chi connectivity index (χ0) is 14.0. The average Bonchev–Trinajstić information content (AvgIpc) is 2.71. The first-order valence-electron chi connectivity index (χ1n) is 6.33. The van der Waals surface area contributed by atoms with Gasteiger partial charge in [-0.25, -0.2) is 4.39 Å². The number of nitrogens with one attached hydrogen (secondary N) is 1. The zero-order valence-electron chi connectivity index (χ0n) is 10.7. The van der Waals surface area contributed by atoms with E-state index in [1.165, 1.54) is 12.1 Å². The van der Waals surface area contributed by atoms with E-state index in [2.05, 4.69) is 5.32 Å². The Morgan fingerprint density at radius 3 is 3.00 bits per heavy atom. The third kappa shape index (κ3) is 2.90. The van der Waals surface area contributed by atoms with Gasteiger partial charge >= 0.3 is 0 Å². The first-order chi connectivity index (χ1) is 8.96. The maximum Gasteiger partial charge on any atom is 0.254 e. The van der Waals surface area contributed by atoms with Crippen LogP contribution in [0.15, 0.2) is 18.2 Å². The topological polar surface area (TPSA) is 49.3 Å². The summed E-state index contributed by atoms with van der Waals surface area (Å²) in [5, 5.41) is 12.5. The van der Waals surface area contributed by atoms with Gasteiger partial charge in [-0.1, -0.05) is 24.9 Å². The van der Waals surface area contributed by atoms with Crippen LogP contribution in [0, 0.1) is 11.2 Å². The molecule has 0 bridgehead atoms. The number of amides is 1. The van der Waals surface area contributed by atoms with Crippen molar-refractivity contribution in [2.45, 2.75) is 32.2 Å². The molecule has 2 atom stereocenters. The van der Waals surface area contributed by atoms with E-state index < -0.39 is 11.7 Å². The molecule has 0 radical (unpaired) electrons. The van der Waals surface area contributed by atoms with Crippen molar-refractivity contribution < 1.29 is 14.3 Å². The maximum absolute atomic E-state index is 13.7. The normalized spacial score (nSPS) is 26.4. The molecular weight excluding hydrogens is 269 g/mol. The minimum atomic E-state index is -0.631. The van der Waals surface area contributed by atoms with Gasteiger partial charge in [0.2, 0.25) is 0 Å². The smallest absolute Gasteiger partial charge is 0.254 e. The summed E-state index contributed by atoms with van der Waals surface area (Å²) in [5.41, 5.74) is -0.338. The lowest BCUT2D eigenvalue weighted by Gasteiger charge is -2.30. The van der Waals surface area contributed by atoms with Crippen LogP contribution in [-0.4, -0.2) is 23.7 Å². The molecular formula is C14H17ClFNO2. The quantitative estimate of drug-likeness (QED) is 0.897. The predicted octanol–water partition coefficient (Wildman–Crippen LogP) is 2.76. The molecule has 1 amide bonds. The Labute approximate surface area is 116 Å². The highest BCUT2D eigenvalue weighted by Gasteiger charge is 2.39. The molecule has 0 aromatic heterocycles. The number of aliphatic hydroxyl groups is 1. The largest absolute Gasteiger partial charge is 0.396 e. The van der Waals surface area contributed by atoms with Crippen LogP contribution in [0.5, 0.6) is 0 Å². The van der Waals surface area contributed by atoms with Gasteiger partial charge in [-0.05, 0) is 31.0 Å². The van der Waals surface area contributed by atoms with Crippen LogP contribution >= 0.6 is 11.6 Å². The summed E-state index contributed by atoms with van der Waals surface area (Å²) < 4.78 is 13.7. The fraction of sp³-hybridized carbons (Fsp3) is 0.500. The van der Waals surface area contributed by atoms with Crippen LogP contribution in [0.3, 0.4) is 0 Å². The Bertz CT molecular complexity index is 494. The summed E-state index contributed by atoms with van der Waals surface area (Å²) in [4.78, 5) is 12.1. The minimum absolute atomic E-state index is 0.0149. The first kappa shape index (κ1) is 14.3. The summed E-state index contributed by atoms with van der Waals surface area (Å²) in [7, 11) is 0. The van der Waals surface area contributed by atoms with Crippen molar-refractivity contribution in [3.8, 4) is 0 Å². The van der Waals surface area contributed by atoms with Crippen molar-refractivity contribution in [1.82, 2.24) is 5.32 Å². The van der Waals surface area contributed by atoms with Gasteiger partial charge < -0.3 is 10.4 Å². The van der Waals surface area contributed by atoms with Crippen LogP contribution in [-0.2, 0) is 0 Å². The summed E-state index contributed by atoms with van der Waals surface area (Å²) in [6.07, 6.45) is 2.61. The predicted molar refractivity (Wildman–Crippen MR) is 71.7 cm³/mol.